The highest BCUT2D eigenvalue weighted by atomic mass is 15.3. The molecule has 0 radical (unpaired) electrons. The van der Waals surface area contributed by atoms with Crippen LogP contribution in [0.15, 0.2) is 30.3 Å². The summed E-state index contributed by atoms with van der Waals surface area (Å²) in [5.74, 6) is 0. The first-order chi connectivity index (χ1) is 8.94. The predicted molar refractivity (Wildman–Crippen MR) is 79.0 cm³/mol. The number of rotatable bonds is 4. The first kappa shape index (κ1) is 13.8. The van der Waals surface area contributed by atoms with Crippen molar-refractivity contribution < 1.29 is 0 Å². The molecular formula is C16H23N3. The van der Waals surface area contributed by atoms with Crippen molar-refractivity contribution in [3.05, 3.63) is 52.8 Å². The Bertz CT molecular complexity index is 567. The van der Waals surface area contributed by atoms with E-state index >= 15 is 0 Å². The summed E-state index contributed by atoms with van der Waals surface area (Å²) in [4.78, 5) is 0. The SMILES string of the molecule is CCc1cc(CC(C)(N)c2ccccc2C)n(C)n1. The van der Waals surface area contributed by atoms with Crippen LogP contribution in [0.3, 0.4) is 0 Å². The molecule has 1 atom stereocenters. The normalized spacial score (nSPS) is 14.4. The Morgan fingerprint density at radius 1 is 1.32 bits per heavy atom. The Labute approximate surface area is 115 Å². The van der Waals surface area contributed by atoms with Gasteiger partial charge in [-0.25, -0.2) is 0 Å². The van der Waals surface area contributed by atoms with Crippen molar-refractivity contribution in [3.63, 3.8) is 0 Å². The van der Waals surface area contributed by atoms with E-state index in [4.69, 9.17) is 5.73 Å². The summed E-state index contributed by atoms with van der Waals surface area (Å²) in [6, 6.07) is 10.5. The maximum absolute atomic E-state index is 6.55. The topological polar surface area (TPSA) is 43.8 Å². The average Bonchev–Trinajstić information content (AvgIpc) is 2.70. The van der Waals surface area contributed by atoms with Gasteiger partial charge in [-0.1, -0.05) is 31.2 Å². The summed E-state index contributed by atoms with van der Waals surface area (Å²) in [7, 11) is 1.99. The maximum Gasteiger partial charge on any atom is 0.0624 e. The molecule has 1 heterocycles. The zero-order chi connectivity index (χ0) is 14.0. The third kappa shape index (κ3) is 2.87. The fraction of sp³-hybridized carbons (Fsp3) is 0.438. The summed E-state index contributed by atoms with van der Waals surface area (Å²) >= 11 is 0. The minimum Gasteiger partial charge on any atom is -0.321 e. The van der Waals surface area contributed by atoms with Crippen LogP contribution in [0.25, 0.3) is 0 Å². The summed E-state index contributed by atoms with van der Waals surface area (Å²) in [6.45, 7) is 6.32. The van der Waals surface area contributed by atoms with E-state index in [9.17, 15) is 0 Å². The van der Waals surface area contributed by atoms with E-state index in [0.29, 0.717) is 0 Å². The zero-order valence-corrected chi connectivity index (χ0v) is 12.3. The molecule has 0 aliphatic heterocycles. The van der Waals surface area contributed by atoms with Crippen molar-refractivity contribution in [2.75, 3.05) is 0 Å². The van der Waals surface area contributed by atoms with Crippen LogP contribution in [0.1, 0.15) is 36.4 Å². The van der Waals surface area contributed by atoms with E-state index in [2.05, 4.69) is 44.1 Å². The maximum atomic E-state index is 6.55. The molecule has 0 bridgehead atoms. The van der Waals surface area contributed by atoms with E-state index in [1.54, 1.807) is 0 Å². The molecule has 2 aromatic rings. The molecule has 0 aliphatic carbocycles. The van der Waals surface area contributed by atoms with Gasteiger partial charge in [0.2, 0.25) is 0 Å². The van der Waals surface area contributed by atoms with Gasteiger partial charge in [-0.05, 0) is 37.5 Å². The van der Waals surface area contributed by atoms with Crippen molar-refractivity contribution in [2.24, 2.45) is 12.8 Å². The number of benzene rings is 1. The number of nitrogens with two attached hydrogens (primary N) is 1. The first-order valence-electron chi connectivity index (χ1n) is 6.81. The highest BCUT2D eigenvalue weighted by molar-refractivity contribution is 5.33. The Balaban J connectivity index is 2.30. The molecule has 0 fully saturated rings. The van der Waals surface area contributed by atoms with E-state index < -0.39 is 0 Å². The van der Waals surface area contributed by atoms with Gasteiger partial charge in [-0.2, -0.15) is 5.10 Å². The van der Waals surface area contributed by atoms with Crippen LogP contribution < -0.4 is 5.73 Å². The minimum absolute atomic E-state index is 0.371. The molecule has 0 spiro atoms. The molecule has 0 amide bonds. The highest BCUT2D eigenvalue weighted by Gasteiger charge is 2.25. The average molecular weight is 257 g/mol. The van der Waals surface area contributed by atoms with E-state index in [1.165, 1.54) is 16.8 Å². The lowest BCUT2D eigenvalue weighted by Crippen LogP contribution is -2.36. The third-order valence-electron chi connectivity index (χ3n) is 3.70. The second-order valence-electron chi connectivity index (χ2n) is 5.51. The lowest BCUT2D eigenvalue weighted by Gasteiger charge is -2.27. The standard InChI is InChI=1S/C16H23N3/c1-5-13-10-14(19(4)18-13)11-16(3,17)15-9-7-6-8-12(15)2/h6-10H,5,11,17H2,1-4H3. The Hall–Kier alpha value is -1.61. The molecular weight excluding hydrogens is 234 g/mol. The number of aryl methyl sites for hydroxylation is 3. The van der Waals surface area contributed by atoms with E-state index in [0.717, 1.165) is 18.5 Å². The highest BCUT2D eigenvalue weighted by Crippen LogP contribution is 2.25. The Morgan fingerprint density at radius 2 is 2.00 bits per heavy atom. The smallest absolute Gasteiger partial charge is 0.0624 e. The van der Waals surface area contributed by atoms with Crippen molar-refractivity contribution >= 4 is 0 Å². The molecule has 2 N–H and O–H groups in total. The van der Waals surface area contributed by atoms with Gasteiger partial charge in [-0.3, -0.25) is 4.68 Å². The van der Waals surface area contributed by atoms with Gasteiger partial charge < -0.3 is 5.73 Å². The lowest BCUT2D eigenvalue weighted by atomic mass is 9.85. The summed E-state index contributed by atoms with van der Waals surface area (Å²) in [5, 5.41) is 4.49. The van der Waals surface area contributed by atoms with Crippen molar-refractivity contribution in [1.29, 1.82) is 0 Å². The fourth-order valence-electron chi connectivity index (χ4n) is 2.59. The molecule has 0 aliphatic rings. The van der Waals surface area contributed by atoms with Gasteiger partial charge in [0, 0.05) is 24.7 Å². The van der Waals surface area contributed by atoms with Gasteiger partial charge in [0.05, 0.1) is 5.69 Å². The van der Waals surface area contributed by atoms with Crippen LogP contribution in [0.4, 0.5) is 0 Å². The third-order valence-corrected chi connectivity index (χ3v) is 3.70. The molecule has 1 aromatic carbocycles. The monoisotopic (exact) mass is 257 g/mol. The molecule has 3 heteroatoms. The van der Waals surface area contributed by atoms with Crippen molar-refractivity contribution in [2.45, 2.75) is 39.2 Å². The van der Waals surface area contributed by atoms with Crippen molar-refractivity contribution in [1.82, 2.24) is 9.78 Å². The lowest BCUT2D eigenvalue weighted by molar-refractivity contribution is 0.469. The summed E-state index contributed by atoms with van der Waals surface area (Å²) in [6.07, 6.45) is 1.75. The summed E-state index contributed by atoms with van der Waals surface area (Å²) < 4.78 is 1.95. The van der Waals surface area contributed by atoms with Gasteiger partial charge in [-0.15, -0.1) is 0 Å². The van der Waals surface area contributed by atoms with E-state index in [1.807, 2.05) is 23.9 Å². The second kappa shape index (κ2) is 5.17. The molecule has 0 saturated carbocycles. The number of aromatic nitrogens is 2. The zero-order valence-electron chi connectivity index (χ0n) is 12.3. The molecule has 1 aromatic heterocycles. The largest absolute Gasteiger partial charge is 0.321 e. The van der Waals surface area contributed by atoms with Crippen LogP contribution in [0, 0.1) is 6.92 Å². The quantitative estimate of drug-likeness (QED) is 0.915. The van der Waals surface area contributed by atoms with Crippen LogP contribution in [-0.2, 0) is 25.4 Å². The molecule has 19 heavy (non-hydrogen) atoms. The number of hydrogen-bond acceptors (Lipinski definition) is 2. The Morgan fingerprint density at radius 3 is 2.58 bits per heavy atom. The van der Waals surface area contributed by atoms with Crippen LogP contribution >= 0.6 is 0 Å². The first-order valence-corrected chi connectivity index (χ1v) is 6.81. The van der Waals surface area contributed by atoms with Gasteiger partial charge in [0.25, 0.3) is 0 Å². The van der Waals surface area contributed by atoms with Gasteiger partial charge in [0.1, 0.15) is 0 Å². The van der Waals surface area contributed by atoms with Gasteiger partial charge >= 0.3 is 0 Å². The predicted octanol–water partition coefficient (Wildman–Crippen LogP) is 2.71. The molecule has 3 nitrogen and oxygen atoms in total. The Kier molecular flexibility index (Phi) is 3.76. The van der Waals surface area contributed by atoms with Crippen molar-refractivity contribution in [3.8, 4) is 0 Å². The molecule has 0 saturated heterocycles. The van der Waals surface area contributed by atoms with Crippen LogP contribution in [-0.4, -0.2) is 9.78 Å². The second-order valence-corrected chi connectivity index (χ2v) is 5.51. The molecule has 2 rings (SSSR count). The summed E-state index contributed by atoms with van der Waals surface area (Å²) in [5.41, 5.74) is 10.9. The van der Waals surface area contributed by atoms with Gasteiger partial charge in [0.15, 0.2) is 0 Å². The molecule has 102 valence electrons. The van der Waals surface area contributed by atoms with Crippen LogP contribution in [0.2, 0.25) is 0 Å². The minimum atomic E-state index is -0.371. The molecule has 1 unspecified atom stereocenters. The van der Waals surface area contributed by atoms with E-state index in [-0.39, 0.29) is 5.54 Å². The van der Waals surface area contributed by atoms with Crippen LogP contribution in [0.5, 0.6) is 0 Å². The number of hydrogen-bond donors (Lipinski definition) is 1. The fourth-order valence-corrected chi connectivity index (χ4v) is 2.59. The number of nitrogens with zero attached hydrogens (tertiary/aromatic N) is 2.